The van der Waals surface area contributed by atoms with Gasteiger partial charge >= 0.3 is 0 Å². The molecule has 1 atom stereocenters. The van der Waals surface area contributed by atoms with Crippen LogP contribution in [0.3, 0.4) is 0 Å². The first-order valence-corrected chi connectivity index (χ1v) is 9.39. The summed E-state index contributed by atoms with van der Waals surface area (Å²) in [5.74, 6) is 0.880. The molecular formula is C21H20BrNO2. The van der Waals surface area contributed by atoms with Gasteiger partial charge in [-0.05, 0) is 55.7 Å². The average molecular weight is 398 g/mol. The molecule has 0 saturated carbocycles. The molecular weight excluding hydrogens is 378 g/mol. The Labute approximate surface area is 155 Å². The number of carbonyl (C=O) groups excluding carboxylic acids is 1. The molecule has 4 rings (SSSR count). The van der Waals surface area contributed by atoms with E-state index in [0.717, 1.165) is 43.6 Å². The summed E-state index contributed by atoms with van der Waals surface area (Å²) in [6.07, 6.45) is 0.596. The molecule has 0 radical (unpaired) electrons. The van der Waals surface area contributed by atoms with Crippen molar-refractivity contribution in [1.82, 2.24) is 0 Å². The number of para-hydroxylation sites is 1. The van der Waals surface area contributed by atoms with Crippen molar-refractivity contribution in [3.05, 3.63) is 63.3 Å². The van der Waals surface area contributed by atoms with E-state index in [1.165, 1.54) is 0 Å². The Kier molecular flexibility index (Phi) is 3.95. The largest absolute Gasteiger partial charge is 0.460 e. The van der Waals surface area contributed by atoms with E-state index in [1.807, 2.05) is 24.0 Å². The van der Waals surface area contributed by atoms with Crippen molar-refractivity contribution >= 4 is 38.5 Å². The molecule has 3 nitrogen and oxygen atoms in total. The lowest BCUT2D eigenvalue weighted by Crippen LogP contribution is -2.29. The fourth-order valence-corrected chi connectivity index (χ4v) is 4.21. The molecule has 1 aliphatic heterocycles. The molecule has 0 saturated heterocycles. The minimum atomic E-state index is -0.188. The van der Waals surface area contributed by atoms with Crippen molar-refractivity contribution in [3.8, 4) is 0 Å². The zero-order valence-corrected chi connectivity index (χ0v) is 16.2. The van der Waals surface area contributed by atoms with Gasteiger partial charge in [-0.25, -0.2) is 0 Å². The SMILES string of the molecule is CCN1C(=O)[C@@H](Cc2oc3c(C)cccc3c2C)c2cc(Br)ccc21. The van der Waals surface area contributed by atoms with Gasteiger partial charge in [0.05, 0.1) is 5.92 Å². The number of likely N-dealkylation sites (N-methyl/N-ethyl adjacent to an activating group) is 1. The molecule has 128 valence electrons. The van der Waals surface area contributed by atoms with E-state index in [1.54, 1.807) is 0 Å². The molecule has 4 heteroatoms. The molecule has 2 heterocycles. The van der Waals surface area contributed by atoms with Gasteiger partial charge in [-0.2, -0.15) is 0 Å². The summed E-state index contributed by atoms with van der Waals surface area (Å²) in [6, 6.07) is 12.3. The zero-order valence-electron chi connectivity index (χ0n) is 14.6. The molecule has 1 aliphatic rings. The number of fused-ring (bicyclic) bond motifs is 2. The van der Waals surface area contributed by atoms with Crippen LogP contribution in [0.1, 0.15) is 35.3 Å². The summed E-state index contributed by atoms with van der Waals surface area (Å²) < 4.78 is 7.17. The zero-order chi connectivity index (χ0) is 17.7. The van der Waals surface area contributed by atoms with Crippen LogP contribution in [-0.2, 0) is 11.2 Å². The van der Waals surface area contributed by atoms with E-state index in [0.29, 0.717) is 13.0 Å². The summed E-state index contributed by atoms with van der Waals surface area (Å²) in [5, 5.41) is 1.14. The molecule has 0 aliphatic carbocycles. The lowest BCUT2D eigenvalue weighted by molar-refractivity contribution is -0.119. The Bertz CT molecular complexity index is 989. The first-order chi connectivity index (χ1) is 12.0. The quantitative estimate of drug-likeness (QED) is 0.583. The number of anilines is 1. The lowest BCUT2D eigenvalue weighted by Gasteiger charge is -2.15. The molecule has 0 bridgehead atoms. The highest BCUT2D eigenvalue weighted by Gasteiger charge is 2.37. The second-order valence-electron chi connectivity index (χ2n) is 6.64. The van der Waals surface area contributed by atoms with Gasteiger partial charge in [-0.3, -0.25) is 4.79 Å². The third-order valence-electron chi connectivity index (χ3n) is 5.19. The number of furan rings is 1. The number of halogens is 1. The standard InChI is InChI=1S/C21H20BrNO2/c1-4-23-18-9-8-14(22)10-16(18)17(21(23)24)11-19-13(3)15-7-5-6-12(2)20(15)25-19/h5-10,17H,4,11H2,1-3H3/t17-/m0/s1. The van der Waals surface area contributed by atoms with Crippen molar-refractivity contribution in [2.24, 2.45) is 0 Å². The van der Waals surface area contributed by atoms with Crippen molar-refractivity contribution in [2.45, 2.75) is 33.1 Å². The molecule has 2 aromatic carbocycles. The topological polar surface area (TPSA) is 33.5 Å². The molecule has 3 aromatic rings. The number of amides is 1. The monoisotopic (exact) mass is 397 g/mol. The van der Waals surface area contributed by atoms with Gasteiger partial charge in [-0.15, -0.1) is 0 Å². The number of aryl methyl sites for hydroxylation is 2. The maximum Gasteiger partial charge on any atom is 0.235 e. The molecule has 0 fully saturated rings. The maximum atomic E-state index is 13.0. The van der Waals surface area contributed by atoms with Crippen molar-refractivity contribution in [1.29, 1.82) is 0 Å². The second-order valence-corrected chi connectivity index (χ2v) is 7.56. The molecule has 1 amide bonds. The summed E-state index contributed by atoms with van der Waals surface area (Å²) in [6.45, 7) is 6.84. The van der Waals surface area contributed by atoms with Crippen LogP contribution in [0.25, 0.3) is 11.0 Å². The molecule has 0 unspecified atom stereocenters. The molecule has 0 spiro atoms. The first kappa shape index (κ1) is 16.4. The van der Waals surface area contributed by atoms with Crippen molar-refractivity contribution in [3.63, 3.8) is 0 Å². The molecule has 1 aromatic heterocycles. The van der Waals surface area contributed by atoms with E-state index < -0.39 is 0 Å². The van der Waals surface area contributed by atoms with Crippen LogP contribution >= 0.6 is 15.9 Å². The summed E-state index contributed by atoms with van der Waals surface area (Å²) in [7, 11) is 0. The van der Waals surface area contributed by atoms with Gasteiger partial charge in [0, 0.05) is 28.5 Å². The normalized spacial score (nSPS) is 16.7. The molecule has 25 heavy (non-hydrogen) atoms. The number of carbonyl (C=O) groups is 1. The van der Waals surface area contributed by atoms with Crippen LogP contribution in [0.15, 0.2) is 45.3 Å². The smallest absolute Gasteiger partial charge is 0.235 e. The van der Waals surface area contributed by atoms with Crippen LogP contribution in [-0.4, -0.2) is 12.5 Å². The first-order valence-electron chi connectivity index (χ1n) is 8.59. The van der Waals surface area contributed by atoms with Gasteiger partial charge in [0.25, 0.3) is 0 Å². The van der Waals surface area contributed by atoms with E-state index >= 15 is 0 Å². The van der Waals surface area contributed by atoms with E-state index in [2.05, 4.69) is 54.0 Å². The summed E-state index contributed by atoms with van der Waals surface area (Å²) >= 11 is 3.54. The third kappa shape index (κ3) is 2.51. The number of benzene rings is 2. The van der Waals surface area contributed by atoms with Crippen LogP contribution in [0, 0.1) is 13.8 Å². The summed E-state index contributed by atoms with van der Waals surface area (Å²) in [5.41, 5.74) is 5.30. The number of hydrogen-bond acceptors (Lipinski definition) is 2. The minimum absolute atomic E-state index is 0.159. The predicted octanol–water partition coefficient (Wildman–Crippen LogP) is 5.50. The lowest BCUT2D eigenvalue weighted by atomic mass is 9.94. The van der Waals surface area contributed by atoms with Gasteiger partial charge < -0.3 is 9.32 Å². The van der Waals surface area contributed by atoms with Crippen LogP contribution < -0.4 is 4.90 Å². The van der Waals surface area contributed by atoms with Gasteiger partial charge in [0.15, 0.2) is 0 Å². The average Bonchev–Trinajstić information content (AvgIpc) is 3.05. The van der Waals surface area contributed by atoms with E-state index in [9.17, 15) is 4.79 Å². The number of nitrogens with zero attached hydrogens (tertiary/aromatic N) is 1. The second kappa shape index (κ2) is 6.03. The Morgan fingerprint density at radius 1 is 1.20 bits per heavy atom. The maximum absolute atomic E-state index is 13.0. The number of rotatable bonds is 3. The van der Waals surface area contributed by atoms with Gasteiger partial charge in [0.2, 0.25) is 5.91 Å². The highest BCUT2D eigenvalue weighted by molar-refractivity contribution is 9.10. The van der Waals surface area contributed by atoms with Crippen LogP contribution in [0.5, 0.6) is 0 Å². The minimum Gasteiger partial charge on any atom is -0.460 e. The predicted molar refractivity (Wildman–Crippen MR) is 104 cm³/mol. The summed E-state index contributed by atoms with van der Waals surface area (Å²) in [4.78, 5) is 14.8. The Hall–Kier alpha value is -2.07. The Balaban J connectivity index is 1.79. The fraction of sp³-hybridized carbons (Fsp3) is 0.286. The molecule has 0 N–H and O–H groups in total. The van der Waals surface area contributed by atoms with Crippen molar-refractivity contribution in [2.75, 3.05) is 11.4 Å². The van der Waals surface area contributed by atoms with E-state index in [4.69, 9.17) is 4.42 Å². The fourth-order valence-electron chi connectivity index (χ4n) is 3.83. The number of hydrogen-bond donors (Lipinski definition) is 0. The van der Waals surface area contributed by atoms with Crippen LogP contribution in [0.4, 0.5) is 5.69 Å². The van der Waals surface area contributed by atoms with Crippen LogP contribution in [0.2, 0.25) is 0 Å². The van der Waals surface area contributed by atoms with Crippen molar-refractivity contribution < 1.29 is 9.21 Å². The Morgan fingerprint density at radius 3 is 2.72 bits per heavy atom. The van der Waals surface area contributed by atoms with E-state index in [-0.39, 0.29) is 11.8 Å². The third-order valence-corrected chi connectivity index (χ3v) is 5.68. The van der Waals surface area contributed by atoms with Gasteiger partial charge in [0.1, 0.15) is 11.3 Å². The highest BCUT2D eigenvalue weighted by Crippen LogP contribution is 2.41. The Morgan fingerprint density at radius 2 is 2.00 bits per heavy atom. The highest BCUT2D eigenvalue weighted by atomic mass is 79.9. The van der Waals surface area contributed by atoms with Gasteiger partial charge in [-0.1, -0.05) is 34.1 Å².